The van der Waals surface area contributed by atoms with Gasteiger partial charge in [-0.15, -0.1) is 0 Å². The van der Waals surface area contributed by atoms with Crippen LogP contribution in [0.2, 0.25) is 0 Å². The van der Waals surface area contributed by atoms with Gasteiger partial charge in [0, 0.05) is 12.5 Å². The molecule has 0 radical (unpaired) electrons. The zero-order valence-electron chi connectivity index (χ0n) is 16.3. The summed E-state index contributed by atoms with van der Waals surface area (Å²) in [4.78, 5) is 12.6. The number of carbonyl (C=O) groups excluding carboxylic acids is 1. The number of aryl methyl sites for hydroxylation is 1. The number of nitrogens with zero attached hydrogens (tertiary/aromatic N) is 1. The predicted octanol–water partition coefficient (Wildman–Crippen LogP) is 4.04. The number of thiocarbonyl (C=S) groups is 1. The first-order valence-corrected chi connectivity index (χ1v) is 10.2. The summed E-state index contributed by atoms with van der Waals surface area (Å²) >= 11 is 5.33. The average Bonchev–Trinajstić information content (AvgIpc) is 2.71. The first-order valence-electron chi connectivity index (χ1n) is 9.76. The lowest BCUT2D eigenvalue weighted by Crippen LogP contribution is -2.50. The van der Waals surface area contributed by atoms with Gasteiger partial charge in [0.15, 0.2) is 0 Å². The largest absolute Gasteiger partial charge is 0.330 e. The normalized spacial score (nSPS) is 18.1. The number of rotatable bonds is 5. The quantitative estimate of drug-likeness (QED) is 0.570. The van der Waals surface area contributed by atoms with E-state index < -0.39 is 11.6 Å². The fourth-order valence-electron chi connectivity index (χ4n) is 4.02. The summed E-state index contributed by atoms with van der Waals surface area (Å²) < 4.78 is 27.8. The summed E-state index contributed by atoms with van der Waals surface area (Å²) in [5, 5.41) is 1.46. The standard InChI is InChI=1S/C22H25F2N3OS/c1-14(28)27(26-22(29)19-13-17(23)10-11-20(19)24)21-16(6-4-12-25)9-8-15-5-2-3-7-18(15)21/h2-3,5,7,10-11,13,16,21H,4,6,8-9,12,25H2,1H3,(H,26,29). The summed E-state index contributed by atoms with van der Waals surface area (Å²) in [6.45, 7) is 2.01. The third kappa shape index (κ3) is 4.79. The molecular formula is C22H25F2N3OS. The Bertz CT molecular complexity index is 905. The van der Waals surface area contributed by atoms with Crippen molar-refractivity contribution in [3.05, 3.63) is 70.8 Å². The Morgan fingerprint density at radius 1 is 1.28 bits per heavy atom. The van der Waals surface area contributed by atoms with Crippen LogP contribution in [0.4, 0.5) is 8.78 Å². The molecule has 0 spiro atoms. The van der Waals surface area contributed by atoms with Crippen LogP contribution in [-0.2, 0) is 11.2 Å². The van der Waals surface area contributed by atoms with Gasteiger partial charge in [-0.25, -0.2) is 13.8 Å². The molecule has 0 saturated carbocycles. The van der Waals surface area contributed by atoms with Crippen molar-refractivity contribution in [1.29, 1.82) is 0 Å². The predicted molar refractivity (Wildman–Crippen MR) is 113 cm³/mol. The first-order chi connectivity index (χ1) is 13.9. The Hall–Kier alpha value is -2.38. The Morgan fingerprint density at radius 2 is 2.03 bits per heavy atom. The van der Waals surface area contributed by atoms with Crippen molar-refractivity contribution in [2.45, 2.75) is 38.6 Å². The lowest BCUT2D eigenvalue weighted by molar-refractivity contribution is -0.135. The second-order valence-corrected chi connectivity index (χ2v) is 7.74. The molecule has 2 atom stereocenters. The summed E-state index contributed by atoms with van der Waals surface area (Å²) in [6, 6.07) is 10.8. The van der Waals surface area contributed by atoms with Crippen molar-refractivity contribution in [2.24, 2.45) is 11.7 Å². The number of hydrogen-bond donors (Lipinski definition) is 2. The van der Waals surface area contributed by atoms with Gasteiger partial charge in [0.25, 0.3) is 0 Å². The topological polar surface area (TPSA) is 58.4 Å². The van der Waals surface area contributed by atoms with Crippen LogP contribution < -0.4 is 11.2 Å². The Labute approximate surface area is 175 Å². The minimum absolute atomic E-state index is 0.0298. The molecule has 0 saturated heterocycles. The smallest absolute Gasteiger partial charge is 0.238 e. The number of hydrazine groups is 1. The molecule has 0 fully saturated rings. The fraction of sp³-hybridized carbons (Fsp3) is 0.364. The number of benzene rings is 2. The molecule has 2 aromatic rings. The number of hydrogen-bond acceptors (Lipinski definition) is 3. The van der Waals surface area contributed by atoms with Gasteiger partial charge >= 0.3 is 0 Å². The SMILES string of the molecule is CC(=O)N(NC(=S)c1cc(F)ccc1F)C1c2ccccc2CCC1CCCN. The Kier molecular flexibility index (Phi) is 6.92. The Balaban J connectivity index is 1.95. The maximum absolute atomic E-state index is 14.2. The zero-order chi connectivity index (χ0) is 21.0. The van der Waals surface area contributed by atoms with E-state index in [0.717, 1.165) is 49.4 Å². The molecule has 0 aromatic heterocycles. The molecule has 2 unspecified atom stereocenters. The van der Waals surface area contributed by atoms with Crippen LogP contribution in [0.1, 0.15) is 48.9 Å². The van der Waals surface area contributed by atoms with Gasteiger partial charge in [0.1, 0.15) is 16.6 Å². The highest BCUT2D eigenvalue weighted by Crippen LogP contribution is 2.40. The molecule has 2 aromatic carbocycles. The lowest BCUT2D eigenvalue weighted by Gasteiger charge is -2.41. The van der Waals surface area contributed by atoms with E-state index in [9.17, 15) is 13.6 Å². The second kappa shape index (κ2) is 9.41. The number of nitrogens with one attached hydrogen (secondary N) is 1. The third-order valence-corrected chi connectivity index (χ3v) is 5.71. The Morgan fingerprint density at radius 3 is 2.76 bits per heavy atom. The van der Waals surface area contributed by atoms with Gasteiger partial charge in [-0.05, 0) is 67.5 Å². The van der Waals surface area contributed by atoms with E-state index in [2.05, 4.69) is 11.5 Å². The minimum atomic E-state index is -0.642. The van der Waals surface area contributed by atoms with Crippen molar-refractivity contribution in [2.75, 3.05) is 6.54 Å². The molecular weight excluding hydrogens is 392 g/mol. The van der Waals surface area contributed by atoms with E-state index in [-0.39, 0.29) is 28.4 Å². The molecule has 0 aliphatic heterocycles. The van der Waals surface area contributed by atoms with Crippen molar-refractivity contribution >= 4 is 23.1 Å². The van der Waals surface area contributed by atoms with Crippen LogP contribution in [0.25, 0.3) is 0 Å². The third-order valence-electron chi connectivity index (χ3n) is 5.40. The monoisotopic (exact) mass is 417 g/mol. The summed E-state index contributed by atoms with van der Waals surface area (Å²) in [6.07, 6.45) is 3.55. The molecule has 7 heteroatoms. The molecule has 154 valence electrons. The maximum Gasteiger partial charge on any atom is 0.238 e. The highest BCUT2D eigenvalue weighted by Gasteiger charge is 2.35. The average molecular weight is 418 g/mol. The van der Waals surface area contributed by atoms with Crippen LogP contribution in [0.15, 0.2) is 42.5 Å². The summed E-state index contributed by atoms with van der Waals surface area (Å²) in [7, 11) is 0. The van der Waals surface area contributed by atoms with E-state index >= 15 is 0 Å². The zero-order valence-corrected chi connectivity index (χ0v) is 17.1. The molecule has 1 aliphatic rings. The molecule has 3 rings (SSSR count). The van der Waals surface area contributed by atoms with Gasteiger partial charge in [-0.2, -0.15) is 0 Å². The van der Waals surface area contributed by atoms with Crippen molar-refractivity contribution in [1.82, 2.24) is 10.4 Å². The number of amides is 1. The highest BCUT2D eigenvalue weighted by molar-refractivity contribution is 7.80. The van der Waals surface area contributed by atoms with Gasteiger partial charge in [-0.1, -0.05) is 36.5 Å². The molecule has 0 heterocycles. The molecule has 1 aliphatic carbocycles. The first kappa shape index (κ1) is 21.3. The lowest BCUT2D eigenvalue weighted by atomic mass is 9.77. The molecule has 29 heavy (non-hydrogen) atoms. The van der Waals surface area contributed by atoms with E-state index in [0.29, 0.717) is 6.54 Å². The summed E-state index contributed by atoms with van der Waals surface area (Å²) in [5.74, 6) is -1.30. The maximum atomic E-state index is 14.2. The molecule has 0 bridgehead atoms. The number of nitrogens with two attached hydrogens (primary N) is 1. The van der Waals surface area contributed by atoms with E-state index in [4.69, 9.17) is 18.0 Å². The van der Waals surface area contributed by atoms with Gasteiger partial charge < -0.3 is 5.73 Å². The number of carbonyl (C=O) groups is 1. The van der Waals surface area contributed by atoms with Gasteiger partial charge in [-0.3, -0.25) is 10.2 Å². The highest BCUT2D eigenvalue weighted by atomic mass is 32.1. The van der Waals surface area contributed by atoms with Crippen molar-refractivity contribution in [3.63, 3.8) is 0 Å². The molecule has 4 nitrogen and oxygen atoms in total. The fourth-order valence-corrected chi connectivity index (χ4v) is 4.28. The van der Waals surface area contributed by atoms with E-state index in [1.165, 1.54) is 17.5 Å². The van der Waals surface area contributed by atoms with Crippen LogP contribution in [0.3, 0.4) is 0 Å². The number of fused-ring (bicyclic) bond motifs is 1. The van der Waals surface area contributed by atoms with Crippen LogP contribution in [-0.4, -0.2) is 22.4 Å². The van der Waals surface area contributed by atoms with Crippen LogP contribution in [0, 0.1) is 17.6 Å². The molecule has 3 N–H and O–H groups in total. The summed E-state index contributed by atoms with van der Waals surface area (Å²) in [5.41, 5.74) is 10.8. The van der Waals surface area contributed by atoms with Gasteiger partial charge in [0.05, 0.1) is 6.04 Å². The number of halogens is 2. The second-order valence-electron chi connectivity index (χ2n) is 7.33. The van der Waals surface area contributed by atoms with Crippen molar-refractivity contribution < 1.29 is 13.6 Å². The van der Waals surface area contributed by atoms with Crippen LogP contribution in [0.5, 0.6) is 0 Å². The van der Waals surface area contributed by atoms with Crippen molar-refractivity contribution in [3.8, 4) is 0 Å². The minimum Gasteiger partial charge on any atom is -0.330 e. The van der Waals surface area contributed by atoms with E-state index in [1.807, 2.05) is 18.2 Å². The van der Waals surface area contributed by atoms with E-state index in [1.54, 1.807) is 0 Å². The van der Waals surface area contributed by atoms with Crippen LogP contribution >= 0.6 is 12.2 Å². The van der Waals surface area contributed by atoms with Gasteiger partial charge in [0.2, 0.25) is 5.91 Å². The molecule has 1 amide bonds.